The summed E-state index contributed by atoms with van der Waals surface area (Å²) in [5.41, 5.74) is 3.46. The molecule has 1 heterocycles. The number of rotatable bonds is 4. The largest absolute Gasteiger partial charge is 0.385 e. The quantitative estimate of drug-likeness (QED) is 0.868. The van der Waals surface area contributed by atoms with E-state index in [2.05, 4.69) is 46.5 Å². The summed E-state index contributed by atoms with van der Waals surface area (Å²) in [6.45, 7) is 3.49. The summed E-state index contributed by atoms with van der Waals surface area (Å²) in [6.07, 6.45) is 9.13. The number of benzene rings is 1. The number of aromatic amines is 1. The van der Waals surface area contributed by atoms with E-state index < -0.39 is 0 Å². The van der Waals surface area contributed by atoms with Gasteiger partial charge in [0.05, 0.1) is 18.2 Å². The molecule has 1 aromatic carbocycles. The molecule has 3 nitrogen and oxygen atoms in total. The molecule has 0 spiro atoms. The number of anilines is 1. The molecule has 2 atom stereocenters. The topological polar surface area (TPSA) is 40.7 Å². The molecule has 2 unspecified atom stereocenters. The monoisotopic (exact) mass is 269 g/mol. The van der Waals surface area contributed by atoms with Gasteiger partial charge in [-0.1, -0.05) is 31.9 Å². The van der Waals surface area contributed by atoms with E-state index in [1.54, 1.807) is 6.33 Å². The van der Waals surface area contributed by atoms with E-state index in [9.17, 15) is 0 Å². The fraction of sp³-hybridized carbons (Fsp3) is 0.471. The van der Waals surface area contributed by atoms with Crippen LogP contribution in [-0.4, -0.2) is 16.5 Å². The Kier molecular flexibility index (Phi) is 4.05. The number of imidazole rings is 1. The summed E-state index contributed by atoms with van der Waals surface area (Å²) >= 11 is 0. The van der Waals surface area contributed by atoms with Gasteiger partial charge in [0.1, 0.15) is 0 Å². The van der Waals surface area contributed by atoms with E-state index in [0.29, 0.717) is 0 Å². The maximum Gasteiger partial charge on any atom is 0.0924 e. The number of H-pyrrole nitrogens is 1. The molecule has 0 bridgehead atoms. The van der Waals surface area contributed by atoms with E-state index in [4.69, 9.17) is 0 Å². The zero-order valence-electron chi connectivity index (χ0n) is 12.1. The van der Waals surface area contributed by atoms with Gasteiger partial charge in [0.25, 0.3) is 0 Å². The van der Waals surface area contributed by atoms with Crippen LogP contribution in [0.15, 0.2) is 36.8 Å². The number of nitrogens with one attached hydrogen (secondary N) is 2. The van der Waals surface area contributed by atoms with Crippen LogP contribution in [-0.2, 0) is 0 Å². The Hall–Kier alpha value is -1.77. The SMILES string of the molecule is CC1CCCC(CNc2ccc(-c3cnc[nH]3)cc2)C1. The molecule has 1 fully saturated rings. The normalized spacial score (nSPS) is 22.6. The summed E-state index contributed by atoms with van der Waals surface area (Å²) in [4.78, 5) is 7.18. The molecule has 1 aromatic heterocycles. The van der Waals surface area contributed by atoms with Crippen molar-refractivity contribution in [1.82, 2.24) is 9.97 Å². The molecular formula is C17H23N3. The lowest BCUT2D eigenvalue weighted by Crippen LogP contribution is -2.20. The van der Waals surface area contributed by atoms with Crippen molar-refractivity contribution in [2.75, 3.05) is 11.9 Å². The zero-order valence-corrected chi connectivity index (χ0v) is 12.1. The lowest BCUT2D eigenvalue weighted by atomic mass is 9.82. The van der Waals surface area contributed by atoms with E-state index >= 15 is 0 Å². The average Bonchev–Trinajstić information content (AvgIpc) is 3.00. The standard InChI is InChI=1S/C17H23N3/c1-13-3-2-4-14(9-13)10-19-16-7-5-15(6-8-16)17-11-18-12-20-17/h5-8,11-14,19H,2-4,9-10H2,1H3,(H,18,20). The third-order valence-corrected chi connectivity index (χ3v) is 4.33. The zero-order chi connectivity index (χ0) is 13.8. The highest BCUT2D eigenvalue weighted by atomic mass is 14.9. The highest BCUT2D eigenvalue weighted by Gasteiger charge is 2.18. The Morgan fingerprint density at radius 2 is 2.10 bits per heavy atom. The average molecular weight is 269 g/mol. The molecule has 0 radical (unpaired) electrons. The van der Waals surface area contributed by atoms with Crippen molar-refractivity contribution in [3.05, 3.63) is 36.8 Å². The van der Waals surface area contributed by atoms with Crippen LogP contribution in [0.3, 0.4) is 0 Å². The minimum absolute atomic E-state index is 0.839. The van der Waals surface area contributed by atoms with Gasteiger partial charge in [-0.2, -0.15) is 0 Å². The molecule has 0 aliphatic heterocycles. The van der Waals surface area contributed by atoms with Crippen molar-refractivity contribution in [1.29, 1.82) is 0 Å². The van der Waals surface area contributed by atoms with E-state index in [1.165, 1.54) is 36.9 Å². The van der Waals surface area contributed by atoms with Gasteiger partial charge in [0.2, 0.25) is 0 Å². The van der Waals surface area contributed by atoms with Crippen LogP contribution in [0.25, 0.3) is 11.3 Å². The van der Waals surface area contributed by atoms with Crippen molar-refractivity contribution in [3.8, 4) is 11.3 Å². The first-order chi connectivity index (χ1) is 9.81. The van der Waals surface area contributed by atoms with Gasteiger partial charge in [0.15, 0.2) is 0 Å². The number of aromatic nitrogens is 2. The second kappa shape index (κ2) is 6.12. The van der Waals surface area contributed by atoms with Gasteiger partial charge < -0.3 is 10.3 Å². The molecule has 2 N–H and O–H groups in total. The van der Waals surface area contributed by atoms with Crippen LogP contribution >= 0.6 is 0 Å². The number of hydrogen-bond donors (Lipinski definition) is 2. The molecule has 106 valence electrons. The van der Waals surface area contributed by atoms with Crippen LogP contribution in [0.4, 0.5) is 5.69 Å². The Labute approximate surface area is 120 Å². The second-order valence-corrected chi connectivity index (χ2v) is 6.06. The highest BCUT2D eigenvalue weighted by Crippen LogP contribution is 2.29. The first-order valence-electron chi connectivity index (χ1n) is 7.64. The molecule has 1 aliphatic rings. The Morgan fingerprint density at radius 3 is 2.80 bits per heavy atom. The maximum atomic E-state index is 4.05. The lowest BCUT2D eigenvalue weighted by molar-refractivity contribution is 0.293. The van der Waals surface area contributed by atoms with Crippen molar-refractivity contribution in [2.45, 2.75) is 32.6 Å². The summed E-state index contributed by atoms with van der Waals surface area (Å²) in [6, 6.07) is 8.59. The third kappa shape index (κ3) is 3.21. The summed E-state index contributed by atoms with van der Waals surface area (Å²) in [5.74, 6) is 1.74. The summed E-state index contributed by atoms with van der Waals surface area (Å²) in [5, 5.41) is 3.58. The molecule has 20 heavy (non-hydrogen) atoms. The maximum absolute atomic E-state index is 4.05. The summed E-state index contributed by atoms with van der Waals surface area (Å²) < 4.78 is 0. The van der Waals surface area contributed by atoms with Crippen molar-refractivity contribution < 1.29 is 0 Å². The molecule has 0 amide bonds. The summed E-state index contributed by atoms with van der Waals surface area (Å²) in [7, 11) is 0. The molecular weight excluding hydrogens is 246 g/mol. The van der Waals surface area contributed by atoms with E-state index in [1.807, 2.05) is 6.20 Å². The first kappa shape index (κ1) is 13.2. The van der Waals surface area contributed by atoms with Gasteiger partial charge in [-0.05, 0) is 42.4 Å². The fourth-order valence-corrected chi connectivity index (χ4v) is 3.19. The van der Waals surface area contributed by atoms with Crippen LogP contribution < -0.4 is 5.32 Å². The smallest absolute Gasteiger partial charge is 0.0924 e. The Balaban J connectivity index is 1.56. The molecule has 3 rings (SSSR count). The van der Waals surface area contributed by atoms with Gasteiger partial charge in [-0.3, -0.25) is 0 Å². The Bertz CT molecular complexity index is 516. The fourth-order valence-electron chi connectivity index (χ4n) is 3.19. The van der Waals surface area contributed by atoms with Gasteiger partial charge in [0, 0.05) is 12.2 Å². The minimum Gasteiger partial charge on any atom is -0.385 e. The predicted octanol–water partition coefficient (Wildman–Crippen LogP) is 4.31. The van der Waals surface area contributed by atoms with Gasteiger partial charge in [-0.15, -0.1) is 0 Å². The van der Waals surface area contributed by atoms with Gasteiger partial charge in [-0.25, -0.2) is 4.98 Å². The highest BCUT2D eigenvalue weighted by molar-refractivity contribution is 5.61. The second-order valence-electron chi connectivity index (χ2n) is 6.06. The molecule has 3 heteroatoms. The predicted molar refractivity (Wildman–Crippen MR) is 83.6 cm³/mol. The van der Waals surface area contributed by atoms with Crippen LogP contribution in [0.2, 0.25) is 0 Å². The van der Waals surface area contributed by atoms with Crippen LogP contribution in [0.1, 0.15) is 32.6 Å². The minimum atomic E-state index is 0.839. The third-order valence-electron chi connectivity index (χ3n) is 4.33. The molecule has 2 aromatic rings. The molecule has 1 saturated carbocycles. The van der Waals surface area contributed by atoms with Crippen LogP contribution in [0.5, 0.6) is 0 Å². The van der Waals surface area contributed by atoms with Gasteiger partial charge >= 0.3 is 0 Å². The number of nitrogens with zero attached hydrogens (tertiary/aromatic N) is 1. The van der Waals surface area contributed by atoms with Crippen LogP contribution in [0, 0.1) is 11.8 Å². The Morgan fingerprint density at radius 1 is 1.25 bits per heavy atom. The van der Waals surface area contributed by atoms with Crippen molar-refractivity contribution in [2.24, 2.45) is 11.8 Å². The number of hydrogen-bond acceptors (Lipinski definition) is 2. The molecule has 1 aliphatic carbocycles. The van der Waals surface area contributed by atoms with Crippen molar-refractivity contribution in [3.63, 3.8) is 0 Å². The lowest BCUT2D eigenvalue weighted by Gasteiger charge is -2.27. The first-order valence-corrected chi connectivity index (χ1v) is 7.64. The van der Waals surface area contributed by atoms with Crippen molar-refractivity contribution >= 4 is 5.69 Å². The molecule has 0 saturated heterocycles. The van der Waals surface area contributed by atoms with E-state index in [-0.39, 0.29) is 0 Å². The van der Waals surface area contributed by atoms with E-state index in [0.717, 1.165) is 24.1 Å².